The Kier molecular flexibility index (Phi) is 6.63. The minimum absolute atomic E-state index is 0.00340. The van der Waals surface area contributed by atoms with Crippen LogP contribution in [0.4, 0.5) is 5.69 Å². The van der Waals surface area contributed by atoms with E-state index in [1.54, 1.807) is 31.2 Å². The van der Waals surface area contributed by atoms with Gasteiger partial charge in [-0.2, -0.15) is 0 Å². The monoisotopic (exact) mass is 448 g/mol. The van der Waals surface area contributed by atoms with Crippen molar-refractivity contribution in [3.05, 3.63) is 45.1 Å². The molecule has 2 aromatic heterocycles. The average molecular weight is 449 g/mol. The Morgan fingerprint density at radius 1 is 1.30 bits per heavy atom. The number of nitrogen functional groups attached to an aromatic ring is 1. The van der Waals surface area contributed by atoms with Gasteiger partial charge in [0.25, 0.3) is 5.56 Å². The molecule has 0 bridgehead atoms. The van der Waals surface area contributed by atoms with Crippen molar-refractivity contribution in [3.8, 4) is 5.75 Å². The van der Waals surface area contributed by atoms with Crippen molar-refractivity contribution in [2.45, 2.75) is 19.0 Å². The molecule has 0 aliphatic rings. The number of nitrogens with one attached hydrogen (secondary N) is 1. The number of thioether (sulfide) groups is 1. The summed E-state index contributed by atoms with van der Waals surface area (Å²) in [6.45, 7) is 4.10. The number of benzene rings is 1. The quantitative estimate of drug-likeness (QED) is 0.244. The topological polar surface area (TPSA) is 126 Å². The van der Waals surface area contributed by atoms with Gasteiger partial charge in [0, 0.05) is 5.69 Å². The highest BCUT2D eigenvalue weighted by Crippen LogP contribution is 2.29. The number of carbonyl (C=O) groups excluding carboxylic acids is 2. The lowest BCUT2D eigenvalue weighted by molar-refractivity contribution is -0.113. The van der Waals surface area contributed by atoms with Gasteiger partial charge >= 0.3 is 5.97 Å². The number of esters is 1. The molecule has 0 aliphatic carbocycles. The SMILES string of the molecule is CCOc1ccc(NC(=O)CSc2nc3sc(C(=O)OC)c(C)c3c(=O)n2N)cc1. The molecule has 2 heterocycles. The lowest BCUT2D eigenvalue weighted by Crippen LogP contribution is -2.30. The van der Waals surface area contributed by atoms with Crippen LogP contribution >= 0.6 is 23.1 Å². The summed E-state index contributed by atoms with van der Waals surface area (Å²) in [5.41, 5.74) is 0.607. The second-order valence-corrected chi connectivity index (χ2v) is 8.03. The number of aryl methyl sites for hydroxylation is 1. The maximum Gasteiger partial charge on any atom is 0.348 e. The summed E-state index contributed by atoms with van der Waals surface area (Å²) in [5, 5.41) is 3.20. The third-order valence-electron chi connectivity index (χ3n) is 4.12. The van der Waals surface area contributed by atoms with Crippen molar-refractivity contribution >= 4 is 50.9 Å². The molecule has 0 saturated heterocycles. The molecule has 30 heavy (non-hydrogen) atoms. The van der Waals surface area contributed by atoms with Gasteiger partial charge in [-0.15, -0.1) is 11.3 Å². The van der Waals surface area contributed by atoms with Gasteiger partial charge in [0.1, 0.15) is 15.5 Å². The molecule has 0 spiro atoms. The average Bonchev–Trinajstić information content (AvgIpc) is 3.07. The summed E-state index contributed by atoms with van der Waals surface area (Å²) in [6, 6.07) is 6.99. The number of ether oxygens (including phenoxy) is 2. The Morgan fingerprint density at radius 3 is 2.63 bits per heavy atom. The highest BCUT2D eigenvalue weighted by atomic mass is 32.2. The molecule has 0 unspecified atom stereocenters. The van der Waals surface area contributed by atoms with Gasteiger partial charge in [0.05, 0.1) is 24.9 Å². The summed E-state index contributed by atoms with van der Waals surface area (Å²) in [5.74, 6) is 5.77. The number of nitrogens with zero attached hydrogens (tertiary/aromatic N) is 2. The second kappa shape index (κ2) is 9.18. The molecule has 0 atom stereocenters. The number of thiophene rings is 1. The molecule has 158 valence electrons. The van der Waals surface area contributed by atoms with Crippen molar-refractivity contribution in [1.29, 1.82) is 0 Å². The number of aromatic nitrogens is 2. The summed E-state index contributed by atoms with van der Waals surface area (Å²) in [4.78, 5) is 41.8. The molecular formula is C19H20N4O5S2. The second-order valence-electron chi connectivity index (χ2n) is 6.09. The van der Waals surface area contributed by atoms with Crippen LogP contribution in [0, 0.1) is 6.92 Å². The van der Waals surface area contributed by atoms with Crippen molar-refractivity contribution in [3.63, 3.8) is 0 Å². The minimum atomic E-state index is -0.539. The molecule has 0 radical (unpaired) electrons. The van der Waals surface area contributed by atoms with E-state index in [9.17, 15) is 14.4 Å². The lowest BCUT2D eigenvalue weighted by atomic mass is 10.2. The van der Waals surface area contributed by atoms with Crippen LogP contribution in [0.15, 0.2) is 34.2 Å². The Balaban J connectivity index is 1.75. The predicted octanol–water partition coefficient (Wildman–Crippen LogP) is 2.40. The van der Waals surface area contributed by atoms with Crippen LogP contribution in [0.1, 0.15) is 22.2 Å². The fourth-order valence-corrected chi connectivity index (χ4v) is 4.55. The van der Waals surface area contributed by atoms with E-state index in [1.165, 1.54) is 7.11 Å². The molecule has 11 heteroatoms. The molecule has 3 N–H and O–H groups in total. The van der Waals surface area contributed by atoms with Crippen LogP contribution in [-0.4, -0.2) is 41.0 Å². The largest absolute Gasteiger partial charge is 0.494 e. The van der Waals surface area contributed by atoms with Crippen LogP contribution in [0.25, 0.3) is 10.2 Å². The lowest BCUT2D eigenvalue weighted by Gasteiger charge is -2.08. The Hall–Kier alpha value is -3.05. The van der Waals surface area contributed by atoms with Gasteiger partial charge in [0.15, 0.2) is 5.16 Å². The minimum Gasteiger partial charge on any atom is -0.494 e. The molecule has 0 saturated carbocycles. The molecule has 9 nitrogen and oxygen atoms in total. The number of amides is 1. The molecule has 3 rings (SSSR count). The summed E-state index contributed by atoms with van der Waals surface area (Å²) >= 11 is 2.08. The number of hydrogen-bond acceptors (Lipinski definition) is 9. The number of fused-ring (bicyclic) bond motifs is 1. The molecule has 1 aromatic carbocycles. The third-order valence-corrected chi connectivity index (χ3v) is 6.23. The number of anilines is 1. The van der Waals surface area contributed by atoms with Crippen LogP contribution in [0.3, 0.4) is 0 Å². The van der Waals surface area contributed by atoms with Crippen LogP contribution in [-0.2, 0) is 9.53 Å². The van der Waals surface area contributed by atoms with E-state index in [0.29, 0.717) is 33.3 Å². The normalized spacial score (nSPS) is 10.8. The summed E-state index contributed by atoms with van der Waals surface area (Å²) < 4.78 is 11.0. The third kappa shape index (κ3) is 4.41. The molecular weight excluding hydrogens is 428 g/mol. The number of carbonyl (C=O) groups is 2. The van der Waals surface area contributed by atoms with Crippen molar-refractivity contribution in [1.82, 2.24) is 9.66 Å². The summed E-state index contributed by atoms with van der Waals surface area (Å²) in [6.07, 6.45) is 0. The summed E-state index contributed by atoms with van der Waals surface area (Å²) in [7, 11) is 1.27. The maximum absolute atomic E-state index is 12.6. The van der Waals surface area contributed by atoms with Gasteiger partial charge < -0.3 is 20.6 Å². The molecule has 0 aliphatic heterocycles. The fraction of sp³-hybridized carbons (Fsp3) is 0.263. The zero-order valence-electron chi connectivity index (χ0n) is 16.6. The van der Waals surface area contributed by atoms with E-state index in [4.69, 9.17) is 15.3 Å². The molecule has 3 aromatic rings. The van der Waals surface area contributed by atoms with E-state index in [2.05, 4.69) is 10.3 Å². The molecule has 0 fully saturated rings. The number of nitrogens with two attached hydrogens (primary N) is 1. The van der Waals surface area contributed by atoms with E-state index in [0.717, 1.165) is 27.8 Å². The van der Waals surface area contributed by atoms with E-state index < -0.39 is 11.5 Å². The highest BCUT2D eigenvalue weighted by molar-refractivity contribution is 7.99. The van der Waals surface area contributed by atoms with Gasteiger partial charge in [-0.1, -0.05) is 11.8 Å². The first kappa shape index (κ1) is 21.7. The first-order valence-electron chi connectivity index (χ1n) is 8.90. The fourth-order valence-electron chi connectivity index (χ4n) is 2.69. The standard InChI is InChI=1S/C19H20N4O5S2/c1-4-28-12-7-5-11(6-8-12)21-13(24)9-29-19-22-16-14(17(25)23(19)20)10(2)15(30-16)18(26)27-3/h5-8H,4,9,20H2,1-3H3,(H,21,24). The Bertz CT molecular complexity index is 1150. The highest BCUT2D eigenvalue weighted by Gasteiger charge is 2.21. The Morgan fingerprint density at radius 2 is 2.00 bits per heavy atom. The van der Waals surface area contributed by atoms with Crippen LogP contribution < -0.4 is 21.5 Å². The van der Waals surface area contributed by atoms with Gasteiger partial charge in [-0.05, 0) is 43.7 Å². The van der Waals surface area contributed by atoms with Gasteiger partial charge in [-0.3, -0.25) is 9.59 Å². The van der Waals surface area contributed by atoms with Crippen molar-refractivity contribution < 1.29 is 19.1 Å². The number of rotatable bonds is 7. The zero-order chi connectivity index (χ0) is 21.8. The maximum atomic E-state index is 12.6. The first-order valence-corrected chi connectivity index (χ1v) is 10.7. The zero-order valence-corrected chi connectivity index (χ0v) is 18.2. The van der Waals surface area contributed by atoms with E-state index >= 15 is 0 Å². The first-order chi connectivity index (χ1) is 14.3. The van der Waals surface area contributed by atoms with Crippen molar-refractivity contribution in [2.75, 3.05) is 30.6 Å². The van der Waals surface area contributed by atoms with E-state index in [1.807, 2.05) is 6.92 Å². The van der Waals surface area contributed by atoms with Gasteiger partial charge in [0.2, 0.25) is 5.91 Å². The van der Waals surface area contributed by atoms with E-state index in [-0.39, 0.29) is 22.2 Å². The molecule has 1 amide bonds. The van der Waals surface area contributed by atoms with Crippen LogP contribution in [0.2, 0.25) is 0 Å². The van der Waals surface area contributed by atoms with Crippen LogP contribution in [0.5, 0.6) is 5.75 Å². The predicted molar refractivity (Wildman–Crippen MR) is 117 cm³/mol. The van der Waals surface area contributed by atoms with Crippen molar-refractivity contribution in [2.24, 2.45) is 0 Å². The smallest absolute Gasteiger partial charge is 0.348 e. The van der Waals surface area contributed by atoms with Gasteiger partial charge in [-0.25, -0.2) is 14.5 Å². The number of methoxy groups -OCH3 is 1. The number of hydrogen-bond donors (Lipinski definition) is 2. The Labute approximate surface area is 180 Å².